The maximum Gasteiger partial charge on any atom is 0.403 e. The fraction of sp³-hybridized carbons (Fsp3) is 1.00. The van der Waals surface area contributed by atoms with E-state index in [0.29, 0.717) is 13.0 Å². The molecule has 0 bridgehead atoms. The van der Waals surface area contributed by atoms with Crippen molar-refractivity contribution in [2.24, 2.45) is 0 Å². The topological polar surface area (TPSA) is 21.3 Å². The van der Waals surface area contributed by atoms with E-state index >= 15 is 0 Å². The van der Waals surface area contributed by atoms with E-state index in [9.17, 15) is 13.2 Å². The van der Waals surface area contributed by atoms with Gasteiger partial charge in [-0.25, -0.2) is 0 Å². The van der Waals surface area contributed by atoms with Crippen LogP contribution in [0.5, 0.6) is 0 Å². The Bertz CT molecular complexity index is 148. The molecule has 0 aliphatic carbocycles. The van der Waals surface area contributed by atoms with Crippen LogP contribution >= 0.6 is 0 Å². The molecule has 0 radical (unpaired) electrons. The van der Waals surface area contributed by atoms with E-state index in [4.69, 9.17) is 4.74 Å². The first-order chi connectivity index (χ1) is 5.54. The lowest BCUT2D eigenvalue weighted by molar-refractivity contribution is -0.168. The molecule has 0 aromatic rings. The predicted octanol–water partition coefficient (Wildman–Crippen LogP) is 1.32. The lowest BCUT2D eigenvalue weighted by Gasteiger charge is -2.30. The number of piperidine rings is 1. The highest BCUT2D eigenvalue weighted by Gasteiger charge is 2.42. The van der Waals surface area contributed by atoms with Gasteiger partial charge in [0.15, 0.2) is 0 Å². The first-order valence-electron chi connectivity index (χ1n) is 3.87. The zero-order valence-electron chi connectivity index (χ0n) is 6.82. The minimum atomic E-state index is -4.14. The maximum absolute atomic E-state index is 12.1. The van der Waals surface area contributed by atoms with E-state index < -0.39 is 12.2 Å². The lowest BCUT2D eigenvalue weighted by Crippen LogP contribution is -2.49. The Morgan fingerprint density at radius 2 is 2.08 bits per heavy atom. The average Bonchev–Trinajstić information content (AvgIpc) is 2.03. The minimum absolute atomic E-state index is 0.0278. The molecule has 1 saturated heterocycles. The first kappa shape index (κ1) is 9.80. The zero-order valence-corrected chi connectivity index (χ0v) is 6.82. The summed E-state index contributed by atoms with van der Waals surface area (Å²) in [5.41, 5.74) is 0. The first-order valence-corrected chi connectivity index (χ1v) is 3.87. The van der Waals surface area contributed by atoms with Gasteiger partial charge >= 0.3 is 6.18 Å². The van der Waals surface area contributed by atoms with Gasteiger partial charge in [0.1, 0.15) is 6.04 Å². The van der Waals surface area contributed by atoms with Gasteiger partial charge in [0.2, 0.25) is 0 Å². The standard InChI is InChI=1S/C7H12F3NO/c1-12-5-2-3-11-6(4-5)7(8,9)10/h5-6,11H,2-4H2,1H3/t5?,6-/m1/s1. The van der Waals surface area contributed by atoms with E-state index in [1.807, 2.05) is 0 Å². The molecule has 72 valence electrons. The number of ether oxygens (including phenoxy) is 1. The van der Waals surface area contributed by atoms with Crippen molar-refractivity contribution in [2.45, 2.75) is 31.2 Å². The summed E-state index contributed by atoms with van der Waals surface area (Å²) in [6.07, 6.45) is -3.71. The number of hydrogen-bond donors (Lipinski definition) is 1. The summed E-state index contributed by atoms with van der Waals surface area (Å²) in [4.78, 5) is 0. The largest absolute Gasteiger partial charge is 0.403 e. The van der Waals surface area contributed by atoms with Gasteiger partial charge in [-0.3, -0.25) is 0 Å². The summed E-state index contributed by atoms with van der Waals surface area (Å²) in [7, 11) is 1.45. The number of halogens is 3. The molecule has 1 unspecified atom stereocenters. The predicted molar refractivity (Wildman–Crippen MR) is 37.9 cm³/mol. The van der Waals surface area contributed by atoms with Gasteiger partial charge in [-0.1, -0.05) is 0 Å². The highest BCUT2D eigenvalue weighted by Crippen LogP contribution is 2.26. The molecule has 12 heavy (non-hydrogen) atoms. The third-order valence-electron chi connectivity index (χ3n) is 2.08. The molecule has 2 nitrogen and oxygen atoms in total. The van der Waals surface area contributed by atoms with Crippen LogP contribution in [0.4, 0.5) is 13.2 Å². The number of methoxy groups -OCH3 is 1. The van der Waals surface area contributed by atoms with Crippen LogP contribution < -0.4 is 5.32 Å². The fourth-order valence-electron chi connectivity index (χ4n) is 1.35. The van der Waals surface area contributed by atoms with Crippen molar-refractivity contribution >= 4 is 0 Å². The summed E-state index contributed by atoms with van der Waals surface area (Å²) in [5, 5.41) is 2.42. The fourth-order valence-corrected chi connectivity index (χ4v) is 1.35. The number of alkyl halides is 3. The molecule has 1 aliphatic rings. The second-order valence-electron chi connectivity index (χ2n) is 2.93. The normalized spacial score (nSPS) is 32.0. The molecular weight excluding hydrogens is 171 g/mol. The van der Waals surface area contributed by atoms with Gasteiger partial charge in [-0.15, -0.1) is 0 Å². The van der Waals surface area contributed by atoms with E-state index in [-0.39, 0.29) is 12.5 Å². The van der Waals surface area contributed by atoms with Crippen molar-refractivity contribution in [1.82, 2.24) is 5.32 Å². The Labute approximate surface area is 69.1 Å². The second-order valence-corrected chi connectivity index (χ2v) is 2.93. The van der Waals surface area contributed by atoms with Gasteiger partial charge in [0.05, 0.1) is 6.10 Å². The number of nitrogens with one attached hydrogen (secondary N) is 1. The molecule has 0 aromatic heterocycles. The van der Waals surface area contributed by atoms with E-state index in [1.165, 1.54) is 7.11 Å². The van der Waals surface area contributed by atoms with E-state index in [0.717, 1.165) is 0 Å². The van der Waals surface area contributed by atoms with E-state index in [2.05, 4.69) is 5.32 Å². The number of hydrogen-bond acceptors (Lipinski definition) is 2. The Morgan fingerprint density at radius 3 is 2.58 bits per heavy atom. The van der Waals surface area contributed by atoms with Crippen molar-refractivity contribution in [2.75, 3.05) is 13.7 Å². The van der Waals surface area contributed by atoms with Crippen molar-refractivity contribution in [1.29, 1.82) is 0 Å². The summed E-state index contributed by atoms with van der Waals surface area (Å²) < 4.78 is 41.3. The van der Waals surface area contributed by atoms with Crippen LogP contribution in [0.15, 0.2) is 0 Å². The Balaban J connectivity index is 2.46. The molecule has 0 amide bonds. The summed E-state index contributed by atoms with van der Waals surface area (Å²) >= 11 is 0. The molecule has 1 fully saturated rings. The average molecular weight is 183 g/mol. The highest BCUT2D eigenvalue weighted by atomic mass is 19.4. The zero-order chi connectivity index (χ0) is 9.19. The maximum atomic E-state index is 12.1. The van der Waals surface area contributed by atoms with Crippen molar-refractivity contribution < 1.29 is 17.9 Å². The monoisotopic (exact) mass is 183 g/mol. The van der Waals surface area contributed by atoms with E-state index in [1.54, 1.807) is 0 Å². The summed E-state index contributed by atoms with van der Waals surface area (Å²) in [5.74, 6) is 0. The molecule has 0 aromatic carbocycles. The highest BCUT2D eigenvalue weighted by molar-refractivity contribution is 4.83. The second kappa shape index (κ2) is 3.62. The van der Waals surface area contributed by atoms with Crippen LogP contribution in [-0.2, 0) is 4.74 Å². The smallest absolute Gasteiger partial charge is 0.381 e. The Morgan fingerprint density at radius 1 is 1.42 bits per heavy atom. The van der Waals surface area contributed by atoms with Crippen LogP contribution in [-0.4, -0.2) is 32.0 Å². The van der Waals surface area contributed by atoms with Gasteiger partial charge in [0, 0.05) is 7.11 Å². The van der Waals surface area contributed by atoms with Crippen LogP contribution in [0, 0.1) is 0 Å². The minimum Gasteiger partial charge on any atom is -0.381 e. The van der Waals surface area contributed by atoms with Crippen molar-refractivity contribution in [3.63, 3.8) is 0 Å². The van der Waals surface area contributed by atoms with Crippen LogP contribution in [0.2, 0.25) is 0 Å². The molecule has 1 heterocycles. The van der Waals surface area contributed by atoms with Gasteiger partial charge in [0.25, 0.3) is 0 Å². The SMILES string of the molecule is COC1CCN[C@@H](C(F)(F)F)C1. The van der Waals surface area contributed by atoms with Crippen molar-refractivity contribution in [3.8, 4) is 0 Å². The van der Waals surface area contributed by atoms with Crippen LogP contribution in [0.1, 0.15) is 12.8 Å². The van der Waals surface area contributed by atoms with Gasteiger partial charge < -0.3 is 10.1 Å². The molecule has 0 saturated carbocycles. The molecule has 5 heteroatoms. The molecule has 0 spiro atoms. The third kappa shape index (κ3) is 2.35. The quantitative estimate of drug-likeness (QED) is 0.661. The lowest BCUT2D eigenvalue weighted by atomic mass is 10.0. The Hall–Kier alpha value is -0.290. The number of rotatable bonds is 1. The molecule has 1 N–H and O–H groups in total. The van der Waals surface area contributed by atoms with Crippen LogP contribution in [0.25, 0.3) is 0 Å². The summed E-state index contributed by atoms with van der Waals surface area (Å²) in [6.45, 7) is 0.378. The van der Waals surface area contributed by atoms with Gasteiger partial charge in [-0.2, -0.15) is 13.2 Å². The Kier molecular flexibility index (Phi) is 2.95. The summed E-state index contributed by atoms with van der Waals surface area (Å²) in [6, 6.07) is -1.39. The molecule has 2 atom stereocenters. The molecule has 1 aliphatic heterocycles. The van der Waals surface area contributed by atoms with Gasteiger partial charge in [-0.05, 0) is 19.4 Å². The third-order valence-corrected chi connectivity index (χ3v) is 2.08. The molecule has 1 rings (SSSR count). The van der Waals surface area contributed by atoms with Crippen LogP contribution in [0.3, 0.4) is 0 Å². The molecular formula is C7H12F3NO. The van der Waals surface area contributed by atoms with Crippen molar-refractivity contribution in [3.05, 3.63) is 0 Å².